The highest BCUT2D eigenvalue weighted by Crippen LogP contribution is 2.29. The second kappa shape index (κ2) is 8.03. The molecule has 2 rings (SSSR count). The largest absolute Gasteiger partial charge is 0.494 e. The third-order valence-electron chi connectivity index (χ3n) is 3.34. The number of rotatable bonds is 8. The van der Waals surface area contributed by atoms with Crippen molar-refractivity contribution >= 4 is 10.0 Å². The quantitative estimate of drug-likeness (QED) is 0.791. The van der Waals surface area contributed by atoms with Crippen LogP contribution in [0.1, 0.15) is 12.5 Å². The van der Waals surface area contributed by atoms with E-state index in [1.807, 2.05) is 25.1 Å². The Morgan fingerprint density at radius 2 is 1.75 bits per heavy atom. The van der Waals surface area contributed by atoms with Gasteiger partial charge in [-0.1, -0.05) is 12.1 Å². The zero-order valence-electron chi connectivity index (χ0n) is 13.9. The van der Waals surface area contributed by atoms with Gasteiger partial charge in [-0.15, -0.1) is 0 Å². The molecular formula is C17H21NO5S. The minimum absolute atomic E-state index is 0.112. The molecule has 6 nitrogen and oxygen atoms in total. The number of ether oxygens (including phenoxy) is 3. The first-order chi connectivity index (χ1) is 11.5. The molecule has 0 aliphatic heterocycles. The van der Waals surface area contributed by atoms with E-state index in [9.17, 15) is 8.42 Å². The molecule has 0 aromatic heterocycles. The van der Waals surface area contributed by atoms with E-state index in [1.54, 1.807) is 12.1 Å². The Bertz CT molecular complexity index is 789. The van der Waals surface area contributed by atoms with Crippen LogP contribution in [0, 0.1) is 0 Å². The summed E-state index contributed by atoms with van der Waals surface area (Å²) < 4.78 is 43.1. The van der Waals surface area contributed by atoms with Crippen molar-refractivity contribution < 1.29 is 22.6 Å². The molecule has 0 aliphatic rings. The summed E-state index contributed by atoms with van der Waals surface area (Å²) in [6, 6.07) is 11.8. The van der Waals surface area contributed by atoms with Crippen LogP contribution >= 0.6 is 0 Å². The van der Waals surface area contributed by atoms with Gasteiger partial charge in [-0.05, 0) is 36.8 Å². The lowest BCUT2D eigenvalue weighted by Crippen LogP contribution is -2.23. The molecule has 0 heterocycles. The maximum Gasteiger partial charge on any atom is 0.241 e. The van der Waals surface area contributed by atoms with Gasteiger partial charge in [0.2, 0.25) is 10.0 Å². The van der Waals surface area contributed by atoms with Crippen LogP contribution in [0.15, 0.2) is 47.4 Å². The van der Waals surface area contributed by atoms with Gasteiger partial charge in [0.15, 0.2) is 11.5 Å². The lowest BCUT2D eigenvalue weighted by molar-refractivity contribution is 0.340. The minimum atomic E-state index is -3.67. The molecule has 0 radical (unpaired) electrons. The van der Waals surface area contributed by atoms with E-state index in [0.717, 1.165) is 5.56 Å². The average Bonchev–Trinajstić information content (AvgIpc) is 2.60. The van der Waals surface area contributed by atoms with E-state index >= 15 is 0 Å². The molecule has 0 spiro atoms. The van der Waals surface area contributed by atoms with Crippen LogP contribution in [0.3, 0.4) is 0 Å². The molecule has 7 heteroatoms. The monoisotopic (exact) mass is 351 g/mol. The van der Waals surface area contributed by atoms with Crippen molar-refractivity contribution in [2.24, 2.45) is 0 Å². The Morgan fingerprint density at radius 1 is 1.00 bits per heavy atom. The number of hydrogen-bond acceptors (Lipinski definition) is 5. The fourth-order valence-electron chi connectivity index (χ4n) is 2.16. The number of hydrogen-bond donors (Lipinski definition) is 1. The molecule has 0 atom stereocenters. The van der Waals surface area contributed by atoms with E-state index < -0.39 is 10.0 Å². The summed E-state index contributed by atoms with van der Waals surface area (Å²) in [7, 11) is -0.713. The smallest absolute Gasteiger partial charge is 0.241 e. The van der Waals surface area contributed by atoms with Gasteiger partial charge in [0.1, 0.15) is 5.75 Å². The predicted molar refractivity (Wildman–Crippen MR) is 91.2 cm³/mol. The van der Waals surface area contributed by atoms with Crippen LogP contribution in [0.5, 0.6) is 17.2 Å². The van der Waals surface area contributed by atoms with Crippen molar-refractivity contribution in [2.75, 3.05) is 20.8 Å². The topological polar surface area (TPSA) is 73.9 Å². The van der Waals surface area contributed by atoms with Crippen LogP contribution in [-0.2, 0) is 16.6 Å². The van der Waals surface area contributed by atoms with Gasteiger partial charge in [-0.25, -0.2) is 13.1 Å². The molecule has 0 saturated heterocycles. The fourth-order valence-corrected chi connectivity index (χ4v) is 3.19. The zero-order chi connectivity index (χ0) is 17.6. The number of benzene rings is 2. The summed E-state index contributed by atoms with van der Waals surface area (Å²) in [5.74, 6) is 1.54. The Hall–Kier alpha value is -2.25. The molecule has 0 bridgehead atoms. The number of nitrogens with one attached hydrogen (secondary N) is 1. The van der Waals surface area contributed by atoms with Crippen LogP contribution in [0.25, 0.3) is 0 Å². The third-order valence-corrected chi connectivity index (χ3v) is 4.74. The SMILES string of the molecule is CCOc1cccc(CNS(=O)(=O)c2ccc(OC)c(OC)c2)c1. The Balaban J connectivity index is 2.15. The first-order valence-corrected chi connectivity index (χ1v) is 8.92. The lowest BCUT2D eigenvalue weighted by atomic mass is 10.2. The van der Waals surface area contributed by atoms with Crippen molar-refractivity contribution in [3.63, 3.8) is 0 Å². The summed E-state index contributed by atoms with van der Waals surface area (Å²) in [5.41, 5.74) is 0.810. The van der Waals surface area contributed by atoms with E-state index in [1.165, 1.54) is 26.4 Å². The zero-order valence-corrected chi connectivity index (χ0v) is 14.7. The third kappa shape index (κ3) is 4.39. The molecule has 24 heavy (non-hydrogen) atoms. The van der Waals surface area contributed by atoms with Crippen LogP contribution in [-0.4, -0.2) is 29.2 Å². The maximum atomic E-state index is 12.4. The number of sulfonamides is 1. The van der Waals surface area contributed by atoms with Gasteiger partial charge in [0, 0.05) is 12.6 Å². The van der Waals surface area contributed by atoms with Gasteiger partial charge >= 0.3 is 0 Å². The highest BCUT2D eigenvalue weighted by atomic mass is 32.2. The molecule has 0 saturated carbocycles. The Morgan fingerprint density at radius 3 is 2.42 bits per heavy atom. The van der Waals surface area contributed by atoms with Crippen molar-refractivity contribution in [3.05, 3.63) is 48.0 Å². The molecule has 0 fully saturated rings. The summed E-state index contributed by atoms with van der Waals surface area (Å²) in [6.45, 7) is 2.62. The molecule has 2 aromatic rings. The molecular weight excluding hydrogens is 330 g/mol. The summed E-state index contributed by atoms with van der Waals surface area (Å²) in [5, 5.41) is 0. The van der Waals surface area contributed by atoms with Crippen LogP contribution in [0.4, 0.5) is 0 Å². The van der Waals surface area contributed by atoms with E-state index in [4.69, 9.17) is 14.2 Å². The summed E-state index contributed by atoms with van der Waals surface area (Å²) in [6.07, 6.45) is 0. The fraction of sp³-hybridized carbons (Fsp3) is 0.294. The summed E-state index contributed by atoms with van der Waals surface area (Å²) in [4.78, 5) is 0.112. The first kappa shape index (κ1) is 18.1. The summed E-state index contributed by atoms with van der Waals surface area (Å²) >= 11 is 0. The molecule has 2 aromatic carbocycles. The number of methoxy groups -OCH3 is 2. The highest BCUT2D eigenvalue weighted by Gasteiger charge is 2.16. The molecule has 0 amide bonds. The maximum absolute atomic E-state index is 12.4. The average molecular weight is 351 g/mol. The normalized spacial score (nSPS) is 11.1. The molecule has 130 valence electrons. The van der Waals surface area contributed by atoms with Crippen LogP contribution < -0.4 is 18.9 Å². The van der Waals surface area contributed by atoms with Gasteiger partial charge in [-0.3, -0.25) is 0 Å². The van der Waals surface area contributed by atoms with E-state index in [-0.39, 0.29) is 11.4 Å². The van der Waals surface area contributed by atoms with Crippen molar-refractivity contribution in [1.82, 2.24) is 4.72 Å². The van der Waals surface area contributed by atoms with E-state index in [0.29, 0.717) is 23.9 Å². The Labute approximate surface area is 142 Å². The molecule has 0 aliphatic carbocycles. The first-order valence-electron chi connectivity index (χ1n) is 7.43. The highest BCUT2D eigenvalue weighted by molar-refractivity contribution is 7.89. The van der Waals surface area contributed by atoms with Crippen molar-refractivity contribution in [2.45, 2.75) is 18.4 Å². The van der Waals surface area contributed by atoms with Gasteiger partial charge < -0.3 is 14.2 Å². The van der Waals surface area contributed by atoms with Crippen molar-refractivity contribution in [1.29, 1.82) is 0 Å². The standard InChI is InChI=1S/C17H21NO5S/c1-4-23-14-7-5-6-13(10-14)12-18-24(19,20)15-8-9-16(21-2)17(11-15)22-3/h5-11,18H,4,12H2,1-3H3. The second-order valence-corrected chi connectivity index (χ2v) is 6.69. The molecule has 1 N–H and O–H groups in total. The molecule has 0 unspecified atom stereocenters. The van der Waals surface area contributed by atoms with Gasteiger partial charge in [0.05, 0.1) is 25.7 Å². The minimum Gasteiger partial charge on any atom is -0.494 e. The Kier molecular flexibility index (Phi) is 6.05. The second-order valence-electron chi connectivity index (χ2n) is 4.92. The lowest BCUT2D eigenvalue weighted by Gasteiger charge is -2.11. The van der Waals surface area contributed by atoms with Crippen LogP contribution in [0.2, 0.25) is 0 Å². The van der Waals surface area contributed by atoms with Gasteiger partial charge in [0.25, 0.3) is 0 Å². The van der Waals surface area contributed by atoms with Crippen molar-refractivity contribution in [3.8, 4) is 17.2 Å². The van der Waals surface area contributed by atoms with Gasteiger partial charge in [-0.2, -0.15) is 0 Å². The van der Waals surface area contributed by atoms with E-state index in [2.05, 4.69) is 4.72 Å². The predicted octanol–water partition coefficient (Wildman–Crippen LogP) is 2.58.